The van der Waals surface area contributed by atoms with E-state index in [1.165, 1.54) is 11.8 Å². The van der Waals surface area contributed by atoms with Gasteiger partial charge in [-0.3, -0.25) is 0 Å². The maximum atomic E-state index is 10.6. The number of nitrogens with zero attached hydrogens (tertiary/aromatic N) is 1. The van der Waals surface area contributed by atoms with Gasteiger partial charge in [-0.15, -0.1) is 0 Å². The number of carbonyl (C=O) groups is 1. The molecule has 0 fully saturated rings. The van der Waals surface area contributed by atoms with Crippen molar-refractivity contribution in [3.8, 4) is 0 Å². The van der Waals surface area contributed by atoms with Gasteiger partial charge < -0.3 is 9.52 Å². The summed E-state index contributed by atoms with van der Waals surface area (Å²) in [6.45, 7) is 0. The molecule has 1 heterocycles. The monoisotopic (exact) mass is 231 g/mol. The maximum Gasteiger partial charge on any atom is 0.357 e. The van der Waals surface area contributed by atoms with E-state index >= 15 is 0 Å². The highest BCUT2D eigenvalue weighted by Crippen LogP contribution is 2.08. The molecule has 0 aliphatic heterocycles. The molecule has 88 valence electrons. The van der Waals surface area contributed by atoms with Gasteiger partial charge in [0.15, 0.2) is 11.6 Å². The van der Waals surface area contributed by atoms with Crippen molar-refractivity contribution in [1.29, 1.82) is 0 Å². The van der Waals surface area contributed by atoms with Crippen LogP contribution in [-0.4, -0.2) is 16.1 Å². The van der Waals surface area contributed by atoms with Crippen molar-refractivity contribution in [3.05, 3.63) is 53.7 Å². The van der Waals surface area contributed by atoms with E-state index in [0.717, 1.165) is 12.8 Å². The minimum atomic E-state index is -1.05. The highest BCUT2D eigenvalue weighted by atomic mass is 16.4. The average Bonchev–Trinajstić information content (AvgIpc) is 2.79. The van der Waals surface area contributed by atoms with Gasteiger partial charge in [0.05, 0.1) is 0 Å². The summed E-state index contributed by atoms with van der Waals surface area (Å²) in [6, 6.07) is 10.1. The van der Waals surface area contributed by atoms with Gasteiger partial charge in [0.1, 0.15) is 6.26 Å². The largest absolute Gasteiger partial charge is 0.476 e. The molecule has 0 saturated heterocycles. The van der Waals surface area contributed by atoms with Gasteiger partial charge >= 0.3 is 5.97 Å². The lowest BCUT2D eigenvalue weighted by Crippen LogP contribution is -1.97. The number of carboxylic acid groups (broad SMARTS) is 1. The summed E-state index contributed by atoms with van der Waals surface area (Å²) in [5.41, 5.74) is 1.23. The van der Waals surface area contributed by atoms with Crippen LogP contribution in [0.5, 0.6) is 0 Å². The SMILES string of the molecule is O=C(O)c1coc(CCCc2ccccc2)n1. The molecule has 1 aromatic heterocycles. The fourth-order valence-corrected chi connectivity index (χ4v) is 1.61. The van der Waals surface area contributed by atoms with E-state index in [-0.39, 0.29) is 5.69 Å². The molecule has 1 aromatic carbocycles. The summed E-state index contributed by atoms with van der Waals surface area (Å²) in [5.74, 6) is -0.568. The lowest BCUT2D eigenvalue weighted by atomic mass is 10.1. The highest BCUT2D eigenvalue weighted by molar-refractivity contribution is 5.84. The van der Waals surface area contributed by atoms with E-state index in [0.29, 0.717) is 12.3 Å². The number of aromatic carboxylic acids is 1. The van der Waals surface area contributed by atoms with E-state index in [2.05, 4.69) is 17.1 Å². The fraction of sp³-hybridized carbons (Fsp3) is 0.231. The zero-order valence-corrected chi connectivity index (χ0v) is 9.30. The summed E-state index contributed by atoms with van der Waals surface area (Å²) in [5, 5.41) is 8.68. The Kier molecular flexibility index (Phi) is 3.55. The van der Waals surface area contributed by atoms with Crippen molar-refractivity contribution < 1.29 is 14.3 Å². The summed E-state index contributed by atoms with van der Waals surface area (Å²) in [7, 11) is 0. The molecule has 0 aliphatic rings. The molecule has 4 nitrogen and oxygen atoms in total. The lowest BCUT2D eigenvalue weighted by Gasteiger charge is -1.98. The second kappa shape index (κ2) is 5.30. The number of aryl methyl sites for hydroxylation is 2. The molecule has 17 heavy (non-hydrogen) atoms. The third-order valence-electron chi connectivity index (χ3n) is 2.47. The van der Waals surface area contributed by atoms with Crippen LogP contribution in [0.4, 0.5) is 0 Å². The summed E-state index contributed by atoms with van der Waals surface area (Å²) >= 11 is 0. The Labute approximate surface area is 98.9 Å². The first-order valence-electron chi connectivity index (χ1n) is 5.47. The predicted molar refractivity (Wildman–Crippen MR) is 61.9 cm³/mol. The molecule has 0 bridgehead atoms. The molecule has 0 aliphatic carbocycles. The van der Waals surface area contributed by atoms with Crippen molar-refractivity contribution in [3.63, 3.8) is 0 Å². The van der Waals surface area contributed by atoms with Gasteiger partial charge in [0, 0.05) is 6.42 Å². The van der Waals surface area contributed by atoms with Crippen LogP contribution < -0.4 is 0 Å². The standard InChI is InChI=1S/C13H13NO3/c15-13(16)11-9-17-12(14-11)8-4-7-10-5-2-1-3-6-10/h1-3,5-6,9H,4,7-8H2,(H,15,16). The third kappa shape index (κ3) is 3.17. The molecular weight excluding hydrogens is 218 g/mol. The Hall–Kier alpha value is -2.10. The van der Waals surface area contributed by atoms with Gasteiger partial charge in [0.2, 0.25) is 0 Å². The van der Waals surface area contributed by atoms with E-state index in [1.807, 2.05) is 18.2 Å². The van der Waals surface area contributed by atoms with Gasteiger partial charge in [-0.2, -0.15) is 0 Å². The maximum absolute atomic E-state index is 10.6. The van der Waals surface area contributed by atoms with Crippen molar-refractivity contribution >= 4 is 5.97 Å². The molecule has 0 spiro atoms. The quantitative estimate of drug-likeness (QED) is 0.858. The van der Waals surface area contributed by atoms with Crippen molar-refractivity contribution in [2.45, 2.75) is 19.3 Å². The van der Waals surface area contributed by atoms with Crippen molar-refractivity contribution in [2.24, 2.45) is 0 Å². The molecule has 1 N–H and O–H groups in total. The smallest absolute Gasteiger partial charge is 0.357 e. The van der Waals surface area contributed by atoms with Gasteiger partial charge in [0.25, 0.3) is 0 Å². The minimum absolute atomic E-state index is 0.0280. The molecule has 0 radical (unpaired) electrons. The summed E-state index contributed by atoms with van der Waals surface area (Å²) < 4.78 is 5.07. The first-order chi connectivity index (χ1) is 8.25. The number of rotatable bonds is 5. The number of hydrogen-bond donors (Lipinski definition) is 1. The molecule has 2 rings (SSSR count). The van der Waals surface area contributed by atoms with Crippen LogP contribution in [0.1, 0.15) is 28.4 Å². The molecule has 4 heteroatoms. The Morgan fingerprint density at radius 1 is 1.24 bits per heavy atom. The van der Waals surface area contributed by atoms with Crippen LogP contribution >= 0.6 is 0 Å². The van der Waals surface area contributed by atoms with Gasteiger partial charge in [-0.25, -0.2) is 9.78 Å². The minimum Gasteiger partial charge on any atom is -0.476 e. The second-order valence-corrected chi connectivity index (χ2v) is 3.77. The second-order valence-electron chi connectivity index (χ2n) is 3.77. The molecule has 0 atom stereocenters. The van der Waals surface area contributed by atoms with E-state index < -0.39 is 5.97 Å². The Morgan fingerprint density at radius 2 is 2.00 bits per heavy atom. The number of benzene rings is 1. The first kappa shape index (κ1) is 11.4. The van der Waals surface area contributed by atoms with E-state index in [4.69, 9.17) is 9.52 Å². The van der Waals surface area contributed by atoms with Crippen LogP contribution in [0, 0.1) is 0 Å². The Morgan fingerprint density at radius 3 is 2.65 bits per heavy atom. The number of aromatic nitrogens is 1. The average molecular weight is 231 g/mol. The molecular formula is C13H13NO3. The topological polar surface area (TPSA) is 63.3 Å². The highest BCUT2D eigenvalue weighted by Gasteiger charge is 2.09. The first-order valence-corrected chi connectivity index (χ1v) is 5.47. The van der Waals surface area contributed by atoms with E-state index in [1.54, 1.807) is 0 Å². The predicted octanol–water partition coefficient (Wildman–Crippen LogP) is 2.55. The van der Waals surface area contributed by atoms with Crippen molar-refractivity contribution in [2.75, 3.05) is 0 Å². The zero-order chi connectivity index (χ0) is 12.1. The normalized spacial score (nSPS) is 10.4. The van der Waals surface area contributed by atoms with Crippen LogP contribution in [0.3, 0.4) is 0 Å². The fourth-order valence-electron chi connectivity index (χ4n) is 1.61. The number of oxazole rings is 1. The van der Waals surface area contributed by atoms with Crippen LogP contribution in [0.2, 0.25) is 0 Å². The Bertz CT molecular complexity index is 490. The molecule has 0 amide bonds. The van der Waals surface area contributed by atoms with Crippen molar-refractivity contribution in [1.82, 2.24) is 4.98 Å². The Balaban J connectivity index is 1.84. The molecule has 0 unspecified atom stereocenters. The molecule has 0 saturated carbocycles. The number of hydrogen-bond acceptors (Lipinski definition) is 3. The zero-order valence-electron chi connectivity index (χ0n) is 9.30. The van der Waals surface area contributed by atoms with Crippen LogP contribution in [0.25, 0.3) is 0 Å². The number of carboxylic acids is 1. The molecule has 2 aromatic rings. The lowest BCUT2D eigenvalue weighted by molar-refractivity contribution is 0.0690. The van der Waals surface area contributed by atoms with Crippen LogP contribution in [-0.2, 0) is 12.8 Å². The third-order valence-corrected chi connectivity index (χ3v) is 2.47. The summed E-state index contributed by atoms with van der Waals surface area (Å²) in [4.78, 5) is 14.5. The van der Waals surface area contributed by atoms with Gasteiger partial charge in [-0.05, 0) is 18.4 Å². The van der Waals surface area contributed by atoms with Crippen LogP contribution in [0.15, 0.2) is 41.0 Å². The van der Waals surface area contributed by atoms with E-state index in [9.17, 15) is 4.79 Å². The summed E-state index contributed by atoms with van der Waals surface area (Å²) in [6.07, 6.45) is 3.66. The van der Waals surface area contributed by atoms with Gasteiger partial charge in [-0.1, -0.05) is 30.3 Å².